The second-order valence-electron chi connectivity index (χ2n) is 3.26. The second kappa shape index (κ2) is 9.45. The number of carbonyl (C=O) groups excluding carboxylic acids is 1. The van der Waals surface area contributed by atoms with Crippen molar-refractivity contribution < 1.29 is 4.79 Å². The molecular weight excluding hydrogens is 216 g/mol. The quantitative estimate of drug-likeness (QED) is 0.765. The Morgan fingerprint density at radius 3 is 2.27 bits per heavy atom. The number of unbranched alkanes of at least 4 members (excludes halogenated alkanes) is 1. The molecule has 0 aliphatic carbocycles. The number of nitrogens with two attached hydrogens (primary N) is 2. The van der Waals surface area contributed by atoms with Crippen molar-refractivity contribution in [3.8, 4) is 0 Å². The van der Waals surface area contributed by atoms with Crippen LogP contribution in [-0.4, -0.2) is 36.1 Å². The van der Waals surface area contributed by atoms with E-state index in [2.05, 4.69) is 47.6 Å². The largest absolute Gasteiger partial charge is 0.362 e. The predicted molar refractivity (Wildman–Crippen MR) is 64.4 cm³/mol. The summed E-state index contributed by atoms with van der Waals surface area (Å²) in [7, 11) is 2.10. The highest BCUT2D eigenvalue weighted by Gasteiger charge is 2.05. The summed E-state index contributed by atoms with van der Waals surface area (Å²) in [4.78, 5) is 13.5. The average molecular weight is 237 g/mol. The van der Waals surface area contributed by atoms with Crippen molar-refractivity contribution in [1.82, 2.24) is 9.80 Å². The molecule has 1 rings (SSSR count). The molecule has 6 heteroatoms. The van der Waals surface area contributed by atoms with E-state index in [0.29, 0.717) is 0 Å². The van der Waals surface area contributed by atoms with E-state index in [1.54, 1.807) is 0 Å². The third kappa shape index (κ3) is 10.8. The number of rotatable bonds is 3. The van der Waals surface area contributed by atoms with Crippen LogP contribution in [0.3, 0.4) is 0 Å². The van der Waals surface area contributed by atoms with Gasteiger partial charge in [0.15, 0.2) is 0 Å². The molecule has 0 unspecified atom stereocenters. The molecule has 0 atom stereocenters. The third-order valence-electron chi connectivity index (χ3n) is 1.74. The van der Waals surface area contributed by atoms with Crippen molar-refractivity contribution in [2.24, 2.45) is 11.5 Å². The van der Waals surface area contributed by atoms with Crippen molar-refractivity contribution in [3.05, 3.63) is 12.4 Å². The Kier molecular flexibility index (Phi) is 10.3. The highest BCUT2D eigenvalue weighted by atomic mass is 35.5. The molecule has 1 aliphatic rings. The molecule has 0 aromatic heterocycles. The van der Waals surface area contributed by atoms with Gasteiger partial charge >= 0.3 is 6.03 Å². The number of carbonyl (C=O) groups is 1. The van der Waals surface area contributed by atoms with Gasteiger partial charge in [-0.25, -0.2) is 4.79 Å². The number of hydrogen-bond acceptors (Lipinski definition) is 3. The molecule has 4 N–H and O–H groups in total. The van der Waals surface area contributed by atoms with E-state index < -0.39 is 6.03 Å². The van der Waals surface area contributed by atoms with E-state index in [9.17, 15) is 0 Å². The van der Waals surface area contributed by atoms with E-state index in [1.807, 2.05) is 0 Å². The Hall–Kier alpha value is -1.10. The van der Waals surface area contributed by atoms with Crippen LogP contribution < -0.4 is 11.5 Å². The Morgan fingerprint density at radius 2 is 1.93 bits per heavy atom. The summed E-state index contributed by atoms with van der Waals surface area (Å²) >= 11 is 0. The third-order valence-corrected chi connectivity index (χ3v) is 1.74. The predicted octanol–water partition coefficient (Wildman–Crippen LogP) is 0.908. The fourth-order valence-electron chi connectivity index (χ4n) is 1.10. The standard InChI is InChI=1S/C8H16N2.CH4N2O.ClH/c1-3-4-5-10-7-6-9(2)8-10;2-1(3)4;/h6-7H,3-5,8H2,1-2H3;(H4,2,3,4);1H. The molecule has 0 bridgehead atoms. The maximum absolute atomic E-state index is 9.00. The van der Waals surface area contributed by atoms with Gasteiger partial charge in [-0.1, -0.05) is 13.3 Å². The first-order valence-electron chi connectivity index (χ1n) is 4.73. The maximum Gasteiger partial charge on any atom is 0.309 e. The van der Waals surface area contributed by atoms with Crippen LogP contribution in [0.2, 0.25) is 0 Å². The van der Waals surface area contributed by atoms with Crippen LogP contribution in [0, 0.1) is 0 Å². The Bertz CT molecular complexity index is 195. The zero-order valence-corrected chi connectivity index (χ0v) is 10.2. The van der Waals surface area contributed by atoms with Crippen LogP contribution in [-0.2, 0) is 0 Å². The van der Waals surface area contributed by atoms with Gasteiger partial charge in [0.25, 0.3) is 0 Å². The zero-order chi connectivity index (χ0) is 11.0. The number of amides is 2. The molecule has 0 radical (unpaired) electrons. The fraction of sp³-hybridized carbons (Fsp3) is 0.667. The summed E-state index contributed by atoms with van der Waals surface area (Å²) in [5, 5.41) is 0. The van der Waals surface area contributed by atoms with E-state index in [0.717, 1.165) is 6.67 Å². The number of halogens is 1. The lowest BCUT2D eigenvalue weighted by Gasteiger charge is -2.17. The number of primary amides is 2. The fourth-order valence-corrected chi connectivity index (χ4v) is 1.10. The first-order chi connectivity index (χ1) is 6.56. The van der Waals surface area contributed by atoms with Crippen LogP contribution in [0.15, 0.2) is 12.4 Å². The minimum Gasteiger partial charge on any atom is -0.362 e. The summed E-state index contributed by atoms with van der Waals surface area (Å²) in [6.45, 7) is 4.50. The minimum atomic E-state index is -0.833. The molecule has 90 valence electrons. The normalized spacial score (nSPS) is 12.9. The maximum atomic E-state index is 9.00. The zero-order valence-electron chi connectivity index (χ0n) is 9.35. The second-order valence-corrected chi connectivity index (χ2v) is 3.26. The molecule has 0 spiro atoms. The summed E-state index contributed by atoms with van der Waals surface area (Å²) in [5.74, 6) is 0. The molecule has 0 aromatic carbocycles. The summed E-state index contributed by atoms with van der Waals surface area (Å²) < 4.78 is 0. The van der Waals surface area contributed by atoms with Crippen molar-refractivity contribution in [2.75, 3.05) is 20.3 Å². The summed E-state index contributed by atoms with van der Waals surface area (Å²) in [5.41, 5.74) is 8.50. The van der Waals surface area contributed by atoms with Gasteiger partial charge in [-0.15, -0.1) is 12.4 Å². The Labute approximate surface area is 97.5 Å². The molecule has 1 heterocycles. The number of urea groups is 1. The lowest BCUT2D eigenvalue weighted by Crippen LogP contribution is -2.23. The molecule has 15 heavy (non-hydrogen) atoms. The molecular formula is C9H21ClN4O. The molecule has 0 fully saturated rings. The summed E-state index contributed by atoms with van der Waals surface area (Å²) in [6.07, 6.45) is 6.87. The van der Waals surface area contributed by atoms with Crippen LogP contribution >= 0.6 is 12.4 Å². The molecule has 0 saturated heterocycles. The van der Waals surface area contributed by atoms with E-state index in [1.165, 1.54) is 19.4 Å². The first-order valence-corrected chi connectivity index (χ1v) is 4.73. The van der Waals surface area contributed by atoms with Crippen LogP contribution in [0.25, 0.3) is 0 Å². The van der Waals surface area contributed by atoms with E-state index in [4.69, 9.17) is 4.79 Å². The van der Waals surface area contributed by atoms with E-state index >= 15 is 0 Å². The van der Waals surface area contributed by atoms with Crippen molar-refractivity contribution in [2.45, 2.75) is 19.8 Å². The molecule has 0 aromatic rings. The SMILES string of the molecule is CCCCN1C=CN(C)C1.Cl.NC(N)=O. The summed E-state index contributed by atoms with van der Waals surface area (Å²) in [6, 6.07) is -0.833. The van der Waals surface area contributed by atoms with Gasteiger partial charge in [0.2, 0.25) is 0 Å². The van der Waals surface area contributed by atoms with E-state index in [-0.39, 0.29) is 12.4 Å². The minimum absolute atomic E-state index is 0. The monoisotopic (exact) mass is 236 g/mol. The topological polar surface area (TPSA) is 75.6 Å². The van der Waals surface area contributed by atoms with Crippen molar-refractivity contribution >= 4 is 18.4 Å². The lowest BCUT2D eigenvalue weighted by molar-refractivity contribution is 0.256. The van der Waals surface area contributed by atoms with Gasteiger partial charge < -0.3 is 21.3 Å². The Balaban J connectivity index is 0. The number of nitrogens with zero attached hydrogens (tertiary/aromatic N) is 2. The van der Waals surface area contributed by atoms with Crippen LogP contribution in [0.1, 0.15) is 19.8 Å². The van der Waals surface area contributed by atoms with Gasteiger partial charge in [0.1, 0.15) is 0 Å². The van der Waals surface area contributed by atoms with Crippen molar-refractivity contribution in [1.29, 1.82) is 0 Å². The average Bonchev–Trinajstić information content (AvgIpc) is 2.47. The van der Waals surface area contributed by atoms with Gasteiger partial charge in [0, 0.05) is 26.0 Å². The Morgan fingerprint density at radius 1 is 1.40 bits per heavy atom. The molecule has 5 nitrogen and oxygen atoms in total. The smallest absolute Gasteiger partial charge is 0.309 e. The lowest BCUT2D eigenvalue weighted by atomic mass is 10.3. The van der Waals surface area contributed by atoms with Crippen LogP contribution in [0.4, 0.5) is 4.79 Å². The van der Waals surface area contributed by atoms with Gasteiger partial charge in [-0.2, -0.15) is 0 Å². The highest BCUT2D eigenvalue weighted by Crippen LogP contribution is 2.04. The van der Waals surface area contributed by atoms with Crippen LogP contribution in [0.5, 0.6) is 0 Å². The number of hydrogen-bond donors (Lipinski definition) is 2. The van der Waals surface area contributed by atoms with Gasteiger partial charge in [-0.3, -0.25) is 0 Å². The molecule has 2 amide bonds. The van der Waals surface area contributed by atoms with Gasteiger partial charge in [-0.05, 0) is 6.42 Å². The van der Waals surface area contributed by atoms with Gasteiger partial charge in [0.05, 0.1) is 6.67 Å². The molecule has 0 saturated carbocycles. The highest BCUT2D eigenvalue weighted by molar-refractivity contribution is 5.85. The van der Waals surface area contributed by atoms with Crippen molar-refractivity contribution in [3.63, 3.8) is 0 Å². The first kappa shape index (κ1) is 16.3. The molecule has 1 aliphatic heterocycles.